The van der Waals surface area contributed by atoms with Gasteiger partial charge in [0.05, 0.1) is 28.7 Å². The molecule has 3 rings (SSSR count). The van der Waals surface area contributed by atoms with Crippen LogP contribution in [0.5, 0.6) is 0 Å². The van der Waals surface area contributed by atoms with Crippen molar-refractivity contribution >= 4 is 41.5 Å². The average Bonchev–Trinajstić information content (AvgIpc) is 2.98. The summed E-state index contributed by atoms with van der Waals surface area (Å²) in [6.07, 6.45) is 0.956. The fraction of sp³-hybridized carbons (Fsp3) is 0.500. The minimum absolute atomic E-state index is 0. The van der Waals surface area contributed by atoms with Gasteiger partial charge in [0.15, 0.2) is 0 Å². The lowest BCUT2D eigenvalue weighted by atomic mass is 10.1. The zero-order valence-corrected chi connectivity index (χ0v) is 13.8. The number of hydrogen-bond donors (Lipinski definition) is 2. The molecular weight excluding hydrogens is 357 g/mol. The Morgan fingerprint density at radius 1 is 1.36 bits per heavy atom. The van der Waals surface area contributed by atoms with Gasteiger partial charge < -0.3 is 5.32 Å². The molecule has 0 spiro atoms. The van der Waals surface area contributed by atoms with Crippen LogP contribution in [0.4, 0.5) is 8.78 Å². The molecule has 1 heterocycles. The standard InChI is InChI=1S/C14H14Cl2F2N2O.ClH/c15-9-3-1-7-8(12(9)16)2-4-10(7)20-13(21)11-5-14(17,18)6-19-11;/h1,3,10-11,19H,2,4-6H2,(H,20,21);1H. The highest BCUT2D eigenvalue weighted by Gasteiger charge is 2.43. The van der Waals surface area contributed by atoms with E-state index < -0.39 is 30.8 Å². The maximum Gasteiger partial charge on any atom is 0.262 e. The zero-order chi connectivity index (χ0) is 15.2. The molecule has 2 unspecified atom stereocenters. The Kier molecular flexibility index (Phi) is 5.22. The number of carbonyl (C=O) groups excluding carboxylic acids is 1. The summed E-state index contributed by atoms with van der Waals surface area (Å²) in [6, 6.07) is 2.48. The third-order valence-electron chi connectivity index (χ3n) is 4.03. The van der Waals surface area contributed by atoms with Crippen molar-refractivity contribution in [2.24, 2.45) is 0 Å². The Morgan fingerprint density at radius 3 is 2.73 bits per heavy atom. The molecule has 22 heavy (non-hydrogen) atoms. The van der Waals surface area contributed by atoms with Crippen LogP contribution in [-0.2, 0) is 11.2 Å². The summed E-state index contributed by atoms with van der Waals surface area (Å²) < 4.78 is 26.3. The van der Waals surface area contributed by atoms with E-state index in [2.05, 4.69) is 10.6 Å². The highest BCUT2D eigenvalue weighted by atomic mass is 35.5. The van der Waals surface area contributed by atoms with E-state index in [1.807, 2.05) is 6.07 Å². The van der Waals surface area contributed by atoms with Crippen molar-refractivity contribution in [3.05, 3.63) is 33.3 Å². The van der Waals surface area contributed by atoms with Crippen LogP contribution in [-0.4, -0.2) is 24.4 Å². The van der Waals surface area contributed by atoms with E-state index >= 15 is 0 Å². The third kappa shape index (κ3) is 3.32. The number of alkyl halides is 2. The van der Waals surface area contributed by atoms with E-state index in [0.717, 1.165) is 11.1 Å². The largest absolute Gasteiger partial charge is 0.348 e. The van der Waals surface area contributed by atoms with Crippen LogP contribution < -0.4 is 10.6 Å². The molecule has 3 nitrogen and oxygen atoms in total. The lowest BCUT2D eigenvalue weighted by molar-refractivity contribution is -0.124. The molecule has 2 N–H and O–H groups in total. The quantitative estimate of drug-likeness (QED) is 0.835. The first-order valence-corrected chi connectivity index (χ1v) is 7.51. The molecule has 0 aromatic heterocycles. The van der Waals surface area contributed by atoms with Crippen LogP contribution in [0, 0.1) is 0 Å². The van der Waals surface area contributed by atoms with Gasteiger partial charge in [-0.2, -0.15) is 0 Å². The van der Waals surface area contributed by atoms with Crippen molar-refractivity contribution in [1.29, 1.82) is 0 Å². The van der Waals surface area contributed by atoms with Crippen LogP contribution in [0.25, 0.3) is 0 Å². The summed E-state index contributed by atoms with van der Waals surface area (Å²) in [5, 5.41) is 6.38. The van der Waals surface area contributed by atoms with Crippen molar-refractivity contribution < 1.29 is 13.6 Å². The van der Waals surface area contributed by atoms with Crippen LogP contribution in [0.1, 0.15) is 30.0 Å². The molecule has 122 valence electrons. The Labute approximate surface area is 143 Å². The highest BCUT2D eigenvalue weighted by molar-refractivity contribution is 6.42. The molecule has 1 fully saturated rings. The molecule has 1 saturated heterocycles. The number of nitrogens with one attached hydrogen (secondary N) is 2. The second-order valence-corrected chi connectivity index (χ2v) is 6.31. The Morgan fingerprint density at radius 2 is 2.09 bits per heavy atom. The van der Waals surface area contributed by atoms with Gasteiger partial charge >= 0.3 is 0 Å². The van der Waals surface area contributed by atoms with Crippen molar-refractivity contribution in [2.45, 2.75) is 37.3 Å². The molecule has 1 aliphatic carbocycles. The van der Waals surface area contributed by atoms with Gasteiger partial charge in [-0.3, -0.25) is 10.1 Å². The zero-order valence-electron chi connectivity index (χ0n) is 11.5. The minimum Gasteiger partial charge on any atom is -0.348 e. The van der Waals surface area contributed by atoms with E-state index in [-0.39, 0.29) is 18.4 Å². The van der Waals surface area contributed by atoms with Gasteiger partial charge in [-0.1, -0.05) is 29.3 Å². The Balaban J connectivity index is 0.00000176. The predicted octanol–water partition coefficient (Wildman–Crippen LogP) is 3.52. The van der Waals surface area contributed by atoms with Crippen molar-refractivity contribution in [2.75, 3.05) is 6.54 Å². The second kappa shape index (κ2) is 6.48. The van der Waals surface area contributed by atoms with Crippen molar-refractivity contribution in [3.63, 3.8) is 0 Å². The number of hydrogen-bond acceptors (Lipinski definition) is 2. The molecule has 2 aliphatic rings. The highest BCUT2D eigenvalue weighted by Crippen LogP contribution is 2.39. The third-order valence-corrected chi connectivity index (χ3v) is 4.88. The summed E-state index contributed by atoms with van der Waals surface area (Å²) >= 11 is 12.1. The number of benzene rings is 1. The Hall–Kier alpha value is -0.620. The number of carbonyl (C=O) groups is 1. The lowest BCUT2D eigenvalue weighted by Gasteiger charge is -2.17. The first-order chi connectivity index (χ1) is 9.87. The SMILES string of the molecule is Cl.O=C(NC1CCc2c1ccc(Cl)c2Cl)C1CC(F)(F)CN1. The molecule has 0 radical (unpaired) electrons. The molecule has 1 amide bonds. The summed E-state index contributed by atoms with van der Waals surface area (Å²) in [7, 11) is 0. The van der Waals surface area contributed by atoms with Gasteiger partial charge in [0, 0.05) is 6.42 Å². The molecule has 0 bridgehead atoms. The fourth-order valence-corrected chi connectivity index (χ4v) is 3.40. The number of halogens is 5. The molecule has 1 aliphatic heterocycles. The van der Waals surface area contributed by atoms with E-state index in [9.17, 15) is 13.6 Å². The average molecular weight is 372 g/mol. The summed E-state index contributed by atoms with van der Waals surface area (Å²) in [5.74, 6) is -3.21. The number of rotatable bonds is 2. The van der Waals surface area contributed by atoms with Crippen LogP contribution in [0.15, 0.2) is 12.1 Å². The monoisotopic (exact) mass is 370 g/mol. The van der Waals surface area contributed by atoms with Crippen LogP contribution in [0.3, 0.4) is 0 Å². The summed E-state index contributed by atoms with van der Waals surface area (Å²) in [4.78, 5) is 12.1. The van der Waals surface area contributed by atoms with Gasteiger partial charge in [0.1, 0.15) is 0 Å². The van der Waals surface area contributed by atoms with Gasteiger partial charge in [0.2, 0.25) is 5.91 Å². The van der Waals surface area contributed by atoms with Gasteiger partial charge in [-0.25, -0.2) is 8.78 Å². The molecule has 2 atom stereocenters. The van der Waals surface area contributed by atoms with Crippen molar-refractivity contribution in [1.82, 2.24) is 10.6 Å². The molecule has 1 aromatic rings. The number of amides is 1. The van der Waals surface area contributed by atoms with E-state index in [1.54, 1.807) is 6.07 Å². The lowest BCUT2D eigenvalue weighted by Crippen LogP contribution is -2.41. The van der Waals surface area contributed by atoms with Gasteiger partial charge in [-0.15, -0.1) is 12.4 Å². The topological polar surface area (TPSA) is 41.1 Å². The van der Waals surface area contributed by atoms with Crippen LogP contribution >= 0.6 is 35.6 Å². The number of fused-ring (bicyclic) bond motifs is 1. The summed E-state index contributed by atoms with van der Waals surface area (Å²) in [6.45, 7) is -0.451. The molecule has 0 saturated carbocycles. The maximum atomic E-state index is 13.1. The smallest absolute Gasteiger partial charge is 0.262 e. The molecule has 8 heteroatoms. The Bertz CT molecular complexity index is 598. The molecular formula is C14H15Cl3F2N2O. The predicted molar refractivity (Wildman–Crippen MR) is 84.3 cm³/mol. The van der Waals surface area contributed by atoms with Crippen LogP contribution in [0.2, 0.25) is 10.0 Å². The normalized spacial score (nSPS) is 25.5. The fourth-order valence-electron chi connectivity index (χ4n) is 2.96. The van der Waals surface area contributed by atoms with Gasteiger partial charge in [-0.05, 0) is 30.0 Å². The van der Waals surface area contributed by atoms with Crippen molar-refractivity contribution in [3.8, 4) is 0 Å². The van der Waals surface area contributed by atoms with E-state index in [0.29, 0.717) is 22.9 Å². The molecule has 1 aromatic carbocycles. The van der Waals surface area contributed by atoms with Gasteiger partial charge in [0.25, 0.3) is 5.92 Å². The maximum absolute atomic E-state index is 13.1. The minimum atomic E-state index is -2.81. The summed E-state index contributed by atoms with van der Waals surface area (Å²) in [5.41, 5.74) is 1.85. The second-order valence-electron chi connectivity index (χ2n) is 5.52. The first kappa shape index (κ1) is 17.7. The first-order valence-electron chi connectivity index (χ1n) is 6.76. The van der Waals surface area contributed by atoms with E-state index in [1.165, 1.54) is 0 Å². The van der Waals surface area contributed by atoms with E-state index in [4.69, 9.17) is 23.2 Å².